The zero-order valence-corrected chi connectivity index (χ0v) is 15.7. The predicted molar refractivity (Wildman–Crippen MR) is 102 cm³/mol. The van der Waals surface area contributed by atoms with Crippen LogP contribution >= 0.6 is 0 Å². The Bertz CT molecular complexity index is 822. The van der Waals surface area contributed by atoms with E-state index < -0.39 is 5.79 Å². The number of hydrogen-bond donors (Lipinski definition) is 1. The van der Waals surface area contributed by atoms with E-state index in [0.717, 1.165) is 48.6 Å². The van der Waals surface area contributed by atoms with Gasteiger partial charge in [0.25, 0.3) is 5.91 Å². The van der Waals surface area contributed by atoms with E-state index >= 15 is 0 Å². The molecule has 2 aliphatic rings. The van der Waals surface area contributed by atoms with Gasteiger partial charge in [-0.1, -0.05) is 12.1 Å². The Labute approximate surface area is 158 Å². The zero-order chi connectivity index (χ0) is 18.9. The summed E-state index contributed by atoms with van der Waals surface area (Å²) in [4.78, 5) is 23.4. The van der Waals surface area contributed by atoms with Gasteiger partial charge in [0.05, 0.1) is 25.6 Å². The Morgan fingerprint density at radius 3 is 2.52 bits per heavy atom. The summed E-state index contributed by atoms with van der Waals surface area (Å²) < 4.78 is 11.5. The van der Waals surface area contributed by atoms with Gasteiger partial charge in [-0.2, -0.15) is 0 Å². The largest absolute Gasteiger partial charge is 0.355 e. The fraction of sp³-hybridized carbons (Fsp3) is 0.450. The summed E-state index contributed by atoms with van der Waals surface area (Å²) in [6.45, 7) is 6.93. The highest BCUT2D eigenvalue weighted by Crippen LogP contribution is 2.32. The van der Waals surface area contributed by atoms with Gasteiger partial charge in [-0.15, -0.1) is 0 Å². The summed E-state index contributed by atoms with van der Waals surface area (Å²) in [6, 6.07) is 5.83. The molecule has 2 aliphatic heterocycles. The molecule has 1 aromatic heterocycles. The smallest absolute Gasteiger partial charge is 0.275 e. The predicted octanol–water partition coefficient (Wildman–Crippen LogP) is 2.69. The van der Waals surface area contributed by atoms with Crippen LogP contribution in [0, 0.1) is 13.8 Å². The fourth-order valence-electron chi connectivity index (χ4n) is 3.54. The first-order valence-corrected chi connectivity index (χ1v) is 9.29. The van der Waals surface area contributed by atoms with E-state index in [1.165, 1.54) is 6.20 Å². The Kier molecular flexibility index (Phi) is 4.80. The summed E-state index contributed by atoms with van der Waals surface area (Å²) in [5.41, 5.74) is 3.28. The molecule has 3 heterocycles. The van der Waals surface area contributed by atoms with E-state index in [-0.39, 0.29) is 5.91 Å². The van der Waals surface area contributed by atoms with Crippen molar-refractivity contribution in [3.05, 3.63) is 47.4 Å². The van der Waals surface area contributed by atoms with Crippen molar-refractivity contribution in [2.75, 3.05) is 36.5 Å². The Morgan fingerprint density at radius 1 is 1.11 bits per heavy atom. The molecule has 142 valence electrons. The fourth-order valence-corrected chi connectivity index (χ4v) is 3.54. The number of piperidine rings is 1. The Balaban J connectivity index is 1.40. The van der Waals surface area contributed by atoms with Gasteiger partial charge in [0, 0.05) is 31.6 Å². The first-order chi connectivity index (χ1) is 13.1. The van der Waals surface area contributed by atoms with Crippen LogP contribution in [0.3, 0.4) is 0 Å². The van der Waals surface area contributed by atoms with Crippen LogP contribution < -0.4 is 10.2 Å². The van der Waals surface area contributed by atoms with Crippen molar-refractivity contribution in [3.63, 3.8) is 0 Å². The number of benzene rings is 1. The average Bonchev–Trinajstić information content (AvgIpc) is 3.14. The van der Waals surface area contributed by atoms with Crippen molar-refractivity contribution in [2.24, 2.45) is 0 Å². The number of aromatic nitrogens is 2. The quantitative estimate of drug-likeness (QED) is 0.898. The molecule has 1 N–H and O–H groups in total. The second-order valence-electron chi connectivity index (χ2n) is 7.06. The maximum atomic E-state index is 12.5. The lowest BCUT2D eigenvalue weighted by Gasteiger charge is -2.37. The van der Waals surface area contributed by atoms with Gasteiger partial charge in [-0.05, 0) is 31.0 Å². The molecule has 7 nitrogen and oxygen atoms in total. The molecule has 1 aromatic carbocycles. The van der Waals surface area contributed by atoms with Crippen LogP contribution in [-0.4, -0.2) is 48.0 Å². The summed E-state index contributed by atoms with van der Waals surface area (Å²) in [5, 5.41) is 2.91. The number of amides is 1. The molecule has 7 heteroatoms. The van der Waals surface area contributed by atoms with Gasteiger partial charge >= 0.3 is 0 Å². The third-order valence-corrected chi connectivity index (χ3v) is 5.39. The van der Waals surface area contributed by atoms with Gasteiger partial charge in [0.15, 0.2) is 5.79 Å². The van der Waals surface area contributed by atoms with E-state index in [1.807, 2.05) is 32.0 Å². The Hall–Kier alpha value is -2.51. The van der Waals surface area contributed by atoms with Crippen LogP contribution in [-0.2, 0) is 9.47 Å². The molecule has 27 heavy (non-hydrogen) atoms. The van der Waals surface area contributed by atoms with Gasteiger partial charge in [0.2, 0.25) is 0 Å². The number of nitrogens with one attached hydrogen (secondary N) is 1. The van der Waals surface area contributed by atoms with Crippen LogP contribution in [0.15, 0.2) is 30.6 Å². The van der Waals surface area contributed by atoms with E-state index in [2.05, 4.69) is 20.2 Å². The van der Waals surface area contributed by atoms with Crippen molar-refractivity contribution < 1.29 is 14.3 Å². The number of anilines is 2. The first kappa shape index (κ1) is 17.9. The van der Waals surface area contributed by atoms with Crippen LogP contribution in [0.25, 0.3) is 0 Å². The molecule has 0 atom stereocenters. The molecule has 0 saturated carbocycles. The minimum absolute atomic E-state index is 0.256. The molecule has 2 fully saturated rings. The maximum Gasteiger partial charge on any atom is 0.275 e. The number of nitrogens with zero attached hydrogens (tertiary/aromatic N) is 3. The van der Waals surface area contributed by atoms with Gasteiger partial charge in [-0.25, -0.2) is 9.97 Å². The van der Waals surface area contributed by atoms with E-state index in [0.29, 0.717) is 18.9 Å². The molecular formula is C20H24N4O3. The van der Waals surface area contributed by atoms with Gasteiger partial charge in [0.1, 0.15) is 11.5 Å². The zero-order valence-electron chi connectivity index (χ0n) is 15.7. The Morgan fingerprint density at radius 2 is 1.85 bits per heavy atom. The van der Waals surface area contributed by atoms with E-state index in [4.69, 9.17) is 9.47 Å². The number of aryl methyl sites for hydroxylation is 1. The topological polar surface area (TPSA) is 76.6 Å². The summed E-state index contributed by atoms with van der Waals surface area (Å²) in [5.74, 6) is 0.106. The highest BCUT2D eigenvalue weighted by atomic mass is 16.7. The van der Waals surface area contributed by atoms with Gasteiger partial charge < -0.3 is 19.7 Å². The molecule has 2 aromatic rings. The van der Waals surface area contributed by atoms with E-state index in [9.17, 15) is 4.79 Å². The van der Waals surface area contributed by atoms with E-state index in [1.54, 1.807) is 6.20 Å². The lowest BCUT2D eigenvalue weighted by molar-refractivity contribution is -0.169. The number of rotatable bonds is 3. The van der Waals surface area contributed by atoms with Crippen molar-refractivity contribution >= 4 is 17.4 Å². The summed E-state index contributed by atoms with van der Waals surface area (Å²) >= 11 is 0. The van der Waals surface area contributed by atoms with Crippen molar-refractivity contribution in [1.82, 2.24) is 9.97 Å². The lowest BCUT2D eigenvalue weighted by Crippen LogP contribution is -2.45. The van der Waals surface area contributed by atoms with Crippen molar-refractivity contribution in [1.29, 1.82) is 0 Å². The highest BCUT2D eigenvalue weighted by molar-refractivity contribution is 6.03. The molecule has 1 amide bonds. The standard InChI is InChI=1S/C20H24N4O3/c1-14-4-3-5-16(15(14)2)23-19(25)17-12-22-18(13-21-17)24-8-6-20(7-9-24)26-10-11-27-20/h3-5,12-13H,6-11H2,1-2H3,(H,23,25). The molecule has 0 bridgehead atoms. The lowest BCUT2D eigenvalue weighted by atomic mass is 10.0. The third kappa shape index (κ3) is 3.65. The molecule has 0 radical (unpaired) electrons. The molecule has 4 rings (SSSR count). The summed E-state index contributed by atoms with van der Waals surface area (Å²) in [6.07, 6.45) is 4.81. The average molecular weight is 368 g/mol. The third-order valence-electron chi connectivity index (χ3n) is 5.39. The minimum atomic E-state index is -0.407. The number of carbonyl (C=O) groups is 1. The SMILES string of the molecule is Cc1cccc(NC(=O)c2cnc(N3CCC4(CC3)OCCO4)cn2)c1C. The molecule has 1 spiro atoms. The summed E-state index contributed by atoms with van der Waals surface area (Å²) in [7, 11) is 0. The van der Waals surface area contributed by atoms with Crippen LogP contribution in [0.1, 0.15) is 34.5 Å². The molecule has 2 saturated heterocycles. The monoisotopic (exact) mass is 368 g/mol. The van der Waals surface area contributed by atoms with Gasteiger partial charge in [-0.3, -0.25) is 4.79 Å². The number of hydrogen-bond acceptors (Lipinski definition) is 6. The van der Waals surface area contributed by atoms with Crippen LogP contribution in [0.5, 0.6) is 0 Å². The maximum absolute atomic E-state index is 12.5. The van der Waals surface area contributed by atoms with Crippen molar-refractivity contribution in [3.8, 4) is 0 Å². The number of ether oxygens (including phenoxy) is 2. The molecule has 0 aliphatic carbocycles. The highest BCUT2D eigenvalue weighted by Gasteiger charge is 2.40. The molecule has 0 unspecified atom stereocenters. The minimum Gasteiger partial charge on any atom is -0.355 e. The number of carbonyl (C=O) groups excluding carboxylic acids is 1. The van der Waals surface area contributed by atoms with Crippen molar-refractivity contribution in [2.45, 2.75) is 32.5 Å². The normalized spacial score (nSPS) is 18.7. The first-order valence-electron chi connectivity index (χ1n) is 9.29. The van der Waals surface area contributed by atoms with Crippen LogP contribution in [0.2, 0.25) is 0 Å². The molecular weight excluding hydrogens is 344 g/mol. The second-order valence-corrected chi connectivity index (χ2v) is 7.06. The van der Waals surface area contributed by atoms with Crippen LogP contribution in [0.4, 0.5) is 11.5 Å². The second kappa shape index (κ2) is 7.25.